The molecule has 0 spiro atoms. The summed E-state index contributed by atoms with van der Waals surface area (Å²) in [6.07, 6.45) is 0. The summed E-state index contributed by atoms with van der Waals surface area (Å²) >= 11 is 9.24. The highest BCUT2D eigenvalue weighted by Crippen LogP contribution is 2.32. The fourth-order valence-electron chi connectivity index (χ4n) is 1.51. The Labute approximate surface area is 120 Å². The molecule has 0 unspecified atom stereocenters. The number of halogens is 2. The molecule has 94 valence electrons. The van der Waals surface area contributed by atoms with Crippen LogP contribution in [0.5, 0.6) is 17.2 Å². The van der Waals surface area contributed by atoms with Gasteiger partial charge < -0.3 is 9.47 Å². The summed E-state index contributed by atoms with van der Waals surface area (Å²) in [6, 6.07) is 13.3. The van der Waals surface area contributed by atoms with Crippen LogP contribution in [0, 0.1) is 0 Å². The van der Waals surface area contributed by atoms with Crippen LogP contribution in [-0.4, -0.2) is 7.11 Å². The Bertz CT molecular complexity index is 543. The molecule has 2 aromatic carbocycles. The molecule has 0 atom stereocenters. The molecule has 0 saturated carbocycles. The second kappa shape index (κ2) is 6.12. The van der Waals surface area contributed by atoms with Crippen molar-refractivity contribution in [3.05, 3.63) is 52.5 Å². The molecular weight excluding hydrogens is 316 g/mol. The highest BCUT2D eigenvalue weighted by atomic mass is 79.9. The number of rotatable bonds is 4. The summed E-state index contributed by atoms with van der Waals surface area (Å²) in [5.41, 5.74) is 1.03. The van der Waals surface area contributed by atoms with Crippen molar-refractivity contribution in [1.29, 1.82) is 0 Å². The van der Waals surface area contributed by atoms with Gasteiger partial charge in [-0.2, -0.15) is 0 Å². The Morgan fingerprint density at radius 2 is 1.94 bits per heavy atom. The number of benzene rings is 2. The van der Waals surface area contributed by atoms with Gasteiger partial charge in [-0.3, -0.25) is 0 Å². The lowest BCUT2D eigenvalue weighted by Gasteiger charge is -2.09. The van der Waals surface area contributed by atoms with Gasteiger partial charge in [0.25, 0.3) is 0 Å². The smallest absolute Gasteiger partial charge is 0.141 e. The molecule has 0 heterocycles. The number of hydrogen-bond donors (Lipinski definition) is 0. The van der Waals surface area contributed by atoms with Crippen molar-refractivity contribution in [1.82, 2.24) is 0 Å². The average molecular weight is 328 g/mol. The monoisotopic (exact) mass is 326 g/mol. The van der Waals surface area contributed by atoms with E-state index in [9.17, 15) is 0 Å². The van der Waals surface area contributed by atoms with Crippen LogP contribution >= 0.6 is 27.5 Å². The molecule has 0 fully saturated rings. The van der Waals surface area contributed by atoms with Crippen molar-refractivity contribution in [2.45, 2.75) is 5.88 Å². The molecule has 4 heteroatoms. The summed E-state index contributed by atoms with van der Waals surface area (Å²) in [6.45, 7) is 0. The van der Waals surface area contributed by atoms with Gasteiger partial charge in [0.05, 0.1) is 11.6 Å². The molecule has 2 aromatic rings. The van der Waals surface area contributed by atoms with Crippen LogP contribution in [0.25, 0.3) is 0 Å². The zero-order valence-electron chi connectivity index (χ0n) is 9.82. The van der Waals surface area contributed by atoms with Crippen molar-refractivity contribution in [2.24, 2.45) is 0 Å². The summed E-state index contributed by atoms with van der Waals surface area (Å²) in [5.74, 6) is 2.76. The van der Waals surface area contributed by atoms with Crippen LogP contribution in [0.3, 0.4) is 0 Å². The van der Waals surface area contributed by atoms with Gasteiger partial charge in [-0.05, 0) is 51.8 Å². The number of methoxy groups -OCH3 is 1. The fraction of sp³-hybridized carbons (Fsp3) is 0.143. The second-order valence-corrected chi connectivity index (χ2v) is 4.80. The zero-order chi connectivity index (χ0) is 13.0. The Morgan fingerprint density at radius 3 is 2.61 bits per heavy atom. The minimum atomic E-state index is 0.473. The fourth-order valence-corrected chi connectivity index (χ4v) is 2.12. The first-order valence-corrected chi connectivity index (χ1v) is 6.72. The predicted molar refractivity (Wildman–Crippen MR) is 76.8 cm³/mol. The molecule has 0 aliphatic carbocycles. The van der Waals surface area contributed by atoms with Crippen LogP contribution in [0.4, 0.5) is 0 Å². The zero-order valence-corrected chi connectivity index (χ0v) is 12.2. The molecule has 0 saturated heterocycles. The Kier molecular flexibility index (Phi) is 4.50. The lowest BCUT2D eigenvalue weighted by molar-refractivity contribution is 0.412. The van der Waals surface area contributed by atoms with Crippen molar-refractivity contribution < 1.29 is 9.47 Å². The molecule has 0 aliphatic heterocycles. The van der Waals surface area contributed by atoms with E-state index >= 15 is 0 Å². The highest BCUT2D eigenvalue weighted by molar-refractivity contribution is 9.10. The third-order valence-corrected chi connectivity index (χ3v) is 3.35. The molecular formula is C14H12BrClO2. The molecule has 0 amide bonds. The molecule has 2 nitrogen and oxygen atoms in total. The largest absolute Gasteiger partial charge is 0.497 e. The lowest BCUT2D eigenvalue weighted by Crippen LogP contribution is -1.88. The van der Waals surface area contributed by atoms with Crippen molar-refractivity contribution in [3.63, 3.8) is 0 Å². The maximum atomic E-state index is 5.79. The van der Waals surface area contributed by atoms with Gasteiger partial charge in [-0.15, -0.1) is 11.6 Å². The molecule has 2 rings (SSSR count). The van der Waals surface area contributed by atoms with Crippen LogP contribution in [0.15, 0.2) is 46.9 Å². The van der Waals surface area contributed by atoms with Crippen molar-refractivity contribution in [3.8, 4) is 17.2 Å². The maximum Gasteiger partial charge on any atom is 0.141 e. The number of alkyl halides is 1. The van der Waals surface area contributed by atoms with Crippen LogP contribution in [0.1, 0.15) is 5.56 Å². The van der Waals surface area contributed by atoms with Gasteiger partial charge in [0.2, 0.25) is 0 Å². The maximum absolute atomic E-state index is 5.79. The molecule has 0 aliphatic rings. The van der Waals surface area contributed by atoms with Crippen LogP contribution in [-0.2, 0) is 5.88 Å². The van der Waals surface area contributed by atoms with Crippen molar-refractivity contribution >= 4 is 27.5 Å². The molecule has 0 N–H and O–H groups in total. The third kappa shape index (κ3) is 3.18. The van der Waals surface area contributed by atoms with Crippen molar-refractivity contribution in [2.75, 3.05) is 7.11 Å². The highest BCUT2D eigenvalue weighted by Gasteiger charge is 2.05. The van der Waals surface area contributed by atoms with Gasteiger partial charge in [0.15, 0.2) is 0 Å². The minimum absolute atomic E-state index is 0.473. The third-order valence-electron chi connectivity index (χ3n) is 2.42. The minimum Gasteiger partial charge on any atom is -0.497 e. The lowest BCUT2D eigenvalue weighted by atomic mass is 10.2. The summed E-state index contributed by atoms with van der Waals surface area (Å²) in [7, 11) is 1.63. The first-order valence-electron chi connectivity index (χ1n) is 5.39. The standard InChI is InChI=1S/C14H12BrClO2/c1-17-11-5-6-14(13(15)8-11)18-12-4-2-3-10(7-12)9-16/h2-8H,9H2,1H3. The normalized spacial score (nSPS) is 10.2. The molecule has 0 bridgehead atoms. The van der Waals surface area contributed by atoms with E-state index in [4.69, 9.17) is 21.1 Å². The van der Waals surface area contributed by atoms with E-state index in [0.717, 1.165) is 27.3 Å². The quantitative estimate of drug-likeness (QED) is 0.737. The van der Waals surface area contributed by atoms with E-state index in [2.05, 4.69) is 15.9 Å². The van der Waals surface area contributed by atoms with Gasteiger partial charge in [-0.25, -0.2) is 0 Å². The molecule has 0 radical (unpaired) electrons. The Hall–Kier alpha value is -1.19. The average Bonchev–Trinajstić information content (AvgIpc) is 2.41. The number of hydrogen-bond acceptors (Lipinski definition) is 2. The predicted octanol–water partition coefficient (Wildman–Crippen LogP) is 4.99. The first-order chi connectivity index (χ1) is 8.72. The van der Waals surface area contributed by atoms with Gasteiger partial charge in [0, 0.05) is 5.88 Å². The van der Waals surface area contributed by atoms with Gasteiger partial charge in [-0.1, -0.05) is 12.1 Å². The Morgan fingerprint density at radius 1 is 1.11 bits per heavy atom. The van der Waals surface area contributed by atoms with Gasteiger partial charge in [0.1, 0.15) is 17.2 Å². The van der Waals surface area contributed by atoms with E-state index < -0.39 is 0 Å². The number of ether oxygens (including phenoxy) is 2. The second-order valence-electron chi connectivity index (χ2n) is 3.68. The summed E-state index contributed by atoms with van der Waals surface area (Å²) < 4.78 is 11.8. The molecule has 0 aromatic heterocycles. The topological polar surface area (TPSA) is 18.5 Å². The summed E-state index contributed by atoms with van der Waals surface area (Å²) in [5, 5.41) is 0. The SMILES string of the molecule is COc1ccc(Oc2cccc(CCl)c2)c(Br)c1. The van der Waals surface area contributed by atoms with Gasteiger partial charge >= 0.3 is 0 Å². The molecule has 18 heavy (non-hydrogen) atoms. The summed E-state index contributed by atoms with van der Waals surface area (Å²) in [4.78, 5) is 0. The first kappa shape index (κ1) is 13.2. The van der Waals surface area contributed by atoms with E-state index in [1.807, 2.05) is 42.5 Å². The van der Waals surface area contributed by atoms with E-state index in [0.29, 0.717) is 5.88 Å². The van der Waals surface area contributed by atoms with Crippen LogP contribution in [0.2, 0.25) is 0 Å². The van der Waals surface area contributed by atoms with E-state index in [1.54, 1.807) is 7.11 Å². The van der Waals surface area contributed by atoms with E-state index in [1.165, 1.54) is 0 Å². The van der Waals surface area contributed by atoms with Crippen LogP contribution < -0.4 is 9.47 Å². The Balaban J connectivity index is 2.22. The van der Waals surface area contributed by atoms with E-state index in [-0.39, 0.29) is 0 Å².